The number of allylic oxidation sites excluding steroid dienone is 1. The van der Waals surface area contributed by atoms with Crippen LogP contribution >= 0.6 is 0 Å². The van der Waals surface area contributed by atoms with Crippen molar-refractivity contribution in [1.82, 2.24) is 19.6 Å². The monoisotopic (exact) mass is 472 g/mol. The van der Waals surface area contributed by atoms with Crippen LogP contribution in [-0.2, 0) is 0 Å². The van der Waals surface area contributed by atoms with Crippen molar-refractivity contribution in [1.29, 1.82) is 0 Å². The maximum Gasteiger partial charge on any atom is 0.229 e. The van der Waals surface area contributed by atoms with Crippen molar-refractivity contribution >= 4 is 17.2 Å². The first kappa shape index (κ1) is 21.9. The van der Waals surface area contributed by atoms with Crippen molar-refractivity contribution in [3.63, 3.8) is 0 Å². The van der Waals surface area contributed by atoms with Gasteiger partial charge in [0.05, 0.1) is 34.9 Å². The van der Waals surface area contributed by atoms with Crippen LogP contribution in [0.3, 0.4) is 0 Å². The number of pyridine rings is 1. The lowest BCUT2D eigenvalue weighted by Gasteiger charge is -2.27. The highest BCUT2D eigenvalue weighted by Gasteiger charge is 2.27. The summed E-state index contributed by atoms with van der Waals surface area (Å²) in [5.41, 5.74) is 10.9. The molecule has 3 heterocycles. The summed E-state index contributed by atoms with van der Waals surface area (Å²) in [6, 6.07) is 8.26. The number of halogens is 2. The van der Waals surface area contributed by atoms with E-state index in [0.717, 1.165) is 36.9 Å². The molecule has 8 heteroatoms. The third-order valence-corrected chi connectivity index (χ3v) is 6.92. The minimum Gasteiger partial charge on any atom is -0.324 e. The molecule has 35 heavy (non-hydrogen) atoms. The maximum atomic E-state index is 14.9. The number of nitrogens with two attached hydrogens (primary N) is 1. The molecule has 3 N–H and O–H groups in total. The van der Waals surface area contributed by atoms with Gasteiger partial charge in [0, 0.05) is 12.2 Å². The summed E-state index contributed by atoms with van der Waals surface area (Å²) in [6.45, 7) is 2.10. The number of hydrogen-bond acceptors (Lipinski definition) is 5. The normalized spacial score (nSPS) is 20.2. The Hall–Kier alpha value is -3.65. The Kier molecular flexibility index (Phi) is 5.33. The number of nitrogens with one attached hydrogen (secondary N) is 1. The average molecular weight is 473 g/mol. The Labute approximate surface area is 201 Å². The van der Waals surface area contributed by atoms with Crippen LogP contribution in [0.2, 0.25) is 0 Å². The van der Waals surface area contributed by atoms with Gasteiger partial charge in [-0.25, -0.2) is 13.8 Å². The Balaban J connectivity index is 1.36. The van der Waals surface area contributed by atoms with E-state index in [-0.39, 0.29) is 29.1 Å². The summed E-state index contributed by atoms with van der Waals surface area (Å²) in [7, 11) is 0. The minimum atomic E-state index is -0.597. The summed E-state index contributed by atoms with van der Waals surface area (Å²) < 4.78 is 31.4. The fourth-order valence-corrected chi connectivity index (χ4v) is 5.12. The van der Waals surface area contributed by atoms with E-state index in [0.29, 0.717) is 17.0 Å². The van der Waals surface area contributed by atoms with Gasteiger partial charge >= 0.3 is 0 Å². The molecule has 3 aromatic heterocycles. The molecule has 0 radical (unpaired) electrons. The van der Waals surface area contributed by atoms with E-state index in [2.05, 4.69) is 33.4 Å². The van der Waals surface area contributed by atoms with E-state index in [9.17, 15) is 8.78 Å². The van der Waals surface area contributed by atoms with Crippen molar-refractivity contribution < 1.29 is 8.78 Å². The quantitative estimate of drug-likeness (QED) is 0.357. The summed E-state index contributed by atoms with van der Waals surface area (Å²) in [4.78, 5) is 8.76. The molecule has 1 fully saturated rings. The van der Waals surface area contributed by atoms with Crippen LogP contribution in [0.1, 0.15) is 55.6 Å². The zero-order valence-corrected chi connectivity index (χ0v) is 19.4. The number of anilines is 2. The number of hydrogen-bond donors (Lipinski definition) is 2. The van der Waals surface area contributed by atoms with Gasteiger partial charge in [-0.15, -0.1) is 0 Å². The van der Waals surface area contributed by atoms with Gasteiger partial charge in [0.1, 0.15) is 11.6 Å². The molecule has 2 atom stereocenters. The third kappa shape index (κ3) is 4.18. The predicted molar refractivity (Wildman–Crippen MR) is 132 cm³/mol. The molecule has 2 aliphatic rings. The van der Waals surface area contributed by atoms with Crippen LogP contribution in [0, 0.1) is 11.6 Å². The molecule has 4 aromatic rings. The Morgan fingerprint density at radius 2 is 1.86 bits per heavy atom. The zero-order valence-electron chi connectivity index (χ0n) is 19.4. The highest BCUT2D eigenvalue weighted by Crippen LogP contribution is 2.42. The smallest absolute Gasteiger partial charge is 0.229 e. The second-order valence-electron chi connectivity index (χ2n) is 9.67. The predicted octanol–water partition coefficient (Wildman–Crippen LogP) is 5.84. The molecule has 0 amide bonds. The number of aromatic nitrogens is 4. The van der Waals surface area contributed by atoms with Gasteiger partial charge in [-0.2, -0.15) is 9.61 Å². The molecular formula is C27H26F2N6. The first-order valence-electron chi connectivity index (χ1n) is 11.9. The summed E-state index contributed by atoms with van der Waals surface area (Å²) in [6.07, 6.45) is 11.0. The summed E-state index contributed by atoms with van der Waals surface area (Å²) in [5.74, 6) is -0.234. The lowest BCUT2D eigenvalue weighted by atomic mass is 9.82. The van der Waals surface area contributed by atoms with Crippen molar-refractivity contribution in [3.8, 4) is 11.3 Å². The number of fused-ring (bicyclic) bond motifs is 1. The maximum absolute atomic E-state index is 14.9. The number of nitrogens with zero attached hydrogens (tertiary/aromatic N) is 4. The second kappa shape index (κ2) is 8.53. The van der Waals surface area contributed by atoms with Gasteiger partial charge in [0.2, 0.25) is 5.95 Å². The van der Waals surface area contributed by atoms with Crippen LogP contribution in [0.4, 0.5) is 20.4 Å². The Morgan fingerprint density at radius 3 is 2.60 bits per heavy atom. The van der Waals surface area contributed by atoms with Gasteiger partial charge in [-0.1, -0.05) is 11.6 Å². The molecule has 0 bridgehead atoms. The van der Waals surface area contributed by atoms with Crippen LogP contribution in [0.25, 0.3) is 16.8 Å². The van der Waals surface area contributed by atoms with Crippen molar-refractivity contribution in [2.75, 3.05) is 5.32 Å². The van der Waals surface area contributed by atoms with Crippen LogP contribution < -0.4 is 11.1 Å². The first-order valence-corrected chi connectivity index (χ1v) is 11.9. The fraction of sp³-hybridized carbons (Fsp3) is 0.296. The largest absolute Gasteiger partial charge is 0.324 e. The number of rotatable bonds is 5. The van der Waals surface area contributed by atoms with Gasteiger partial charge in [-0.05, 0) is 85.9 Å². The van der Waals surface area contributed by atoms with E-state index in [1.54, 1.807) is 35.2 Å². The Morgan fingerprint density at radius 1 is 1.06 bits per heavy atom. The molecule has 178 valence electrons. The third-order valence-electron chi connectivity index (χ3n) is 6.92. The molecule has 0 unspecified atom stereocenters. The van der Waals surface area contributed by atoms with E-state index >= 15 is 0 Å². The molecule has 2 aliphatic carbocycles. The molecule has 0 saturated heterocycles. The summed E-state index contributed by atoms with van der Waals surface area (Å²) in [5, 5.41) is 7.88. The van der Waals surface area contributed by atoms with Crippen molar-refractivity contribution in [2.24, 2.45) is 5.73 Å². The van der Waals surface area contributed by atoms with Crippen LogP contribution in [-0.4, -0.2) is 25.6 Å². The van der Waals surface area contributed by atoms with Gasteiger partial charge in [0.15, 0.2) is 0 Å². The van der Waals surface area contributed by atoms with Crippen molar-refractivity contribution in [2.45, 2.75) is 50.5 Å². The van der Waals surface area contributed by atoms with Gasteiger partial charge in [0.25, 0.3) is 0 Å². The second-order valence-corrected chi connectivity index (χ2v) is 9.67. The topological polar surface area (TPSA) is 81.1 Å². The molecule has 6 rings (SSSR count). The molecule has 0 spiro atoms. The standard InChI is InChI=1S/C27H26F2N6/c1-15-8-18(10-19(30)9-15)21-6-7-31-14-25(21)33-27-32-13-20-4-5-24(34-35(20)27)26-22(28)11-17(12-23(26)29)16-2-3-16/h4-7,9,11-14,16,18-19H,2-3,8,10,30H2,1H3,(H,32,33)/t18-,19+/m1/s1. The van der Waals surface area contributed by atoms with Gasteiger partial charge < -0.3 is 11.1 Å². The van der Waals surface area contributed by atoms with Crippen LogP contribution in [0.5, 0.6) is 0 Å². The molecule has 6 nitrogen and oxygen atoms in total. The summed E-state index contributed by atoms with van der Waals surface area (Å²) >= 11 is 0. The number of benzene rings is 1. The fourth-order valence-electron chi connectivity index (χ4n) is 5.12. The molecular weight excluding hydrogens is 446 g/mol. The van der Waals surface area contributed by atoms with E-state index in [4.69, 9.17) is 5.73 Å². The number of imidazole rings is 1. The lowest BCUT2D eigenvalue weighted by Crippen LogP contribution is -2.25. The first-order chi connectivity index (χ1) is 17.0. The highest BCUT2D eigenvalue weighted by atomic mass is 19.1. The highest BCUT2D eigenvalue weighted by molar-refractivity contribution is 5.66. The lowest BCUT2D eigenvalue weighted by molar-refractivity contribution is 0.545. The van der Waals surface area contributed by atoms with E-state index < -0.39 is 11.6 Å². The minimum absolute atomic E-state index is 0.0161. The molecule has 1 saturated carbocycles. The van der Waals surface area contributed by atoms with E-state index in [1.165, 1.54) is 17.7 Å². The molecule has 1 aromatic carbocycles. The van der Waals surface area contributed by atoms with Gasteiger partial charge in [-0.3, -0.25) is 4.98 Å². The SMILES string of the molecule is CC1=C[C@H](N)C[C@H](c2ccncc2Nc2ncc3ccc(-c4c(F)cc(C5CC5)cc4F)nn23)C1. The van der Waals surface area contributed by atoms with Crippen molar-refractivity contribution in [3.05, 3.63) is 83.3 Å². The van der Waals surface area contributed by atoms with E-state index in [1.807, 2.05) is 6.07 Å². The zero-order chi connectivity index (χ0) is 24.1. The van der Waals surface area contributed by atoms with Crippen LogP contribution in [0.15, 0.2) is 60.6 Å². The Bertz CT molecular complexity index is 1430. The molecule has 0 aliphatic heterocycles. The average Bonchev–Trinajstić information content (AvgIpc) is 3.60.